The van der Waals surface area contributed by atoms with Gasteiger partial charge in [0.25, 0.3) is 0 Å². The zero-order chi connectivity index (χ0) is 12.4. The van der Waals surface area contributed by atoms with Gasteiger partial charge in [-0.25, -0.2) is 0 Å². The summed E-state index contributed by atoms with van der Waals surface area (Å²) in [6, 6.07) is 1.95. The predicted molar refractivity (Wildman–Crippen MR) is 73.1 cm³/mol. The van der Waals surface area contributed by atoms with Crippen molar-refractivity contribution in [2.24, 2.45) is 5.92 Å². The monoisotopic (exact) mass is 264 g/mol. The highest BCUT2D eigenvalue weighted by molar-refractivity contribution is 7.08. The molecule has 1 spiro atoms. The van der Waals surface area contributed by atoms with Crippen LogP contribution in [0.5, 0.6) is 0 Å². The van der Waals surface area contributed by atoms with Crippen molar-refractivity contribution in [1.82, 2.24) is 0 Å². The van der Waals surface area contributed by atoms with E-state index in [2.05, 4.69) is 0 Å². The van der Waals surface area contributed by atoms with Crippen LogP contribution in [0.4, 0.5) is 0 Å². The normalized spacial score (nSPS) is 27.2. The number of thiophene rings is 1. The molecule has 0 radical (unpaired) electrons. The summed E-state index contributed by atoms with van der Waals surface area (Å²) in [5.74, 6) is 0.524. The number of rotatable bonds is 2. The average molecular weight is 264 g/mol. The maximum absolute atomic E-state index is 12.4. The van der Waals surface area contributed by atoms with E-state index in [1.54, 1.807) is 11.3 Å². The molecule has 2 aliphatic rings. The Morgan fingerprint density at radius 3 is 2.89 bits per heavy atom. The van der Waals surface area contributed by atoms with Crippen LogP contribution in [0.15, 0.2) is 16.8 Å². The fourth-order valence-corrected chi connectivity index (χ4v) is 4.08. The topological polar surface area (TPSA) is 26.3 Å². The molecule has 3 heteroatoms. The fourth-order valence-electron chi connectivity index (χ4n) is 3.44. The molecule has 2 heterocycles. The van der Waals surface area contributed by atoms with Crippen LogP contribution in [0.25, 0.3) is 0 Å². The number of Topliss-reactive ketones (excluding diaryl/α,β-unsaturated/α-hetero) is 1. The van der Waals surface area contributed by atoms with Crippen LogP contribution in [-0.4, -0.2) is 18.0 Å². The van der Waals surface area contributed by atoms with Crippen LogP contribution in [0, 0.1) is 5.92 Å². The fraction of sp³-hybridized carbons (Fsp3) is 0.667. The van der Waals surface area contributed by atoms with Crippen LogP contribution >= 0.6 is 11.3 Å². The summed E-state index contributed by atoms with van der Waals surface area (Å²) in [5, 5.41) is 3.97. The molecule has 0 N–H and O–H groups in total. The van der Waals surface area contributed by atoms with Crippen molar-refractivity contribution in [3.05, 3.63) is 22.4 Å². The minimum Gasteiger partial charge on any atom is -0.375 e. The summed E-state index contributed by atoms with van der Waals surface area (Å²) in [7, 11) is 0. The third-order valence-electron chi connectivity index (χ3n) is 4.43. The molecule has 2 fully saturated rings. The number of hydrogen-bond acceptors (Lipinski definition) is 3. The Hall–Kier alpha value is -0.670. The lowest BCUT2D eigenvalue weighted by Crippen LogP contribution is -2.43. The first-order chi connectivity index (χ1) is 8.79. The molecule has 0 amide bonds. The van der Waals surface area contributed by atoms with Crippen LogP contribution in [0.1, 0.15) is 55.3 Å². The van der Waals surface area contributed by atoms with Crippen molar-refractivity contribution < 1.29 is 9.53 Å². The quantitative estimate of drug-likeness (QED) is 0.753. The van der Waals surface area contributed by atoms with Gasteiger partial charge in [-0.2, -0.15) is 11.3 Å². The summed E-state index contributed by atoms with van der Waals surface area (Å²) in [6.07, 6.45) is 8.01. The average Bonchev–Trinajstić information content (AvgIpc) is 2.93. The summed E-state index contributed by atoms with van der Waals surface area (Å²) in [4.78, 5) is 12.4. The molecule has 1 aromatic rings. The van der Waals surface area contributed by atoms with Crippen molar-refractivity contribution in [3.63, 3.8) is 0 Å². The predicted octanol–water partition coefficient (Wildman–Crippen LogP) is 4.06. The lowest BCUT2D eigenvalue weighted by atomic mass is 9.74. The molecule has 1 aromatic heterocycles. The standard InChI is InChI=1S/C15H20O2S/c16-14(13-5-9-18-11-13)12-4-8-17-15(10-12)6-2-1-3-7-15/h5,9,11-12H,1-4,6-8,10H2. The molecule has 1 aliphatic carbocycles. The number of carbonyl (C=O) groups excluding carboxylic acids is 1. The van der Waals surface area contributed by atoms with E-state index < -0.39 is 0 Å². The smallest absolute Gasteiger partial charge is 0.166 e. The highest BCUT2D eigenvalue weighted by atomic mass is 32.1. The van der Waals surface area contributed by atoms with Gasteiger partial charge in [0, 0.05) is 23.5 Å². The Kier molecular flexibility index (Phi) is 3.53. The van der Waals surface area contributed by atoms with Gasteiger partial charge in [-0.05, 0) is 37.1 Å². The molecule has 3 rings (SSSR count). The minimum absolute atomic E-state index is 0.0346. The Labute approximate surface area is 112 Å². The number of hydrogen-bond donors (Lipinski definition) is 0. The molecule has 98 valence electrons. The van der Waals surface area contributed by atoms with E-state index in [1.807, 2.05) is 16.8 Å². The van der Waals surface area contributed by atoms with Gasteiger partial charge < -0.3 is 4.74 Å². The molecular formula is C15H20O2S. The molecule has 1 saturated carbocycles. The summed E-state index contributed by atoms with van der Waals surface area (Å²) < 4.78 is 6.05. The third kappa shape index (κ3) is 2.39. The molecular weight excluding hydrogens is 244 g/mol. The van der Waals surface area contributed by atoms with Crippen molar-refractivity contribution in [1.29, 1.82) is 0 Å². The van der Waals surface area contributed by atoms with E-state index in [9.17, 15) is 4.79 Å². The van der Waals surface area contributed by atoms with Gasteiger partial charge in [-0.1, -0.05) is 19.3 Å². The van der Waals surface area contributed by atoms with E-state index in [0.29, 0.717) is 5.78 Å². The van der Waals surface area contributed by atoms with Crippen molar-refractivity contribution in [2.75, 3.05) is 6.61 Å². The summed E-state index contributed by atoms with van der Waals surface area (Å²) >= 11 is 1.61. The highest BCUT2D eigenvalue weighted by Gasteiger charge is 2.40. The molecule has 1 saturated heterocycles. The van der Waals surface area contributed by atoms with Crippen LogP contribution < -0.4 is 0 Å². The second-order valence-electron chi connectivity index (χ2n) is 5.66. The van der Waals surface area contributed by atoms with Crippen LogP contribution in [0.3, 0.4) is 0 Å². The Morgan fingerprint density at radius 2 is 2.17 bits per heavy atom. The van der Waals surface area contributed by atoms with E-state index in [1.165, 1.54) is 19.3 Å². The Morgan fingerprint density at radius 1 is 1.33 bits per heavy atom. The maximum Gasteiger partial charge on any atom is 0.166 e. The molecule has 2 nitrogen and oxygen atoms in total. The van der Waals surface area contributed by atoms with Crippen molar-refractivity contribution in [2.45, 2.75) is 50.5 Å². The first-order valence-corrected chi connectivity index (χ1v) is 7.94. The van der Waals surface area contributed by atoms with E-state index in [4.69, 9.17) is 4.74 Å². The molecule has 0 bridgehead atoms. The lowest BCUT2D eigenvalue weighted by Gasteiger charge is -2.43. The van der Waals surface area contributed by atoms with E-state index in [0.717, 1.165) is 37.9 Å². The van der Waals surface area contributed by atoms with Crippen molar-refractivity contribution in [3.8, 4) is 0 Å². The van der Waals surface area contributed by atoms with Crippen LogP contribution in [0.2, 0.25) is 0 Å². The van der Waals surface area contributed by atoms with Gasteiger partial charge >= 0.3 is 0 Å². The zero-order valence-corrected chi connectivity index (χ0v) is 11.5. The van der Waals surface area contributed by atoms with Gasteiger partial charge in [0.1, 0.15) is 0 Å². The van der Waals surface area contributed by atoms with Gasteiger partial charge in [-0.15, -0.1) is 0 Å². The van der Waals surface area contributed by atoms with Gasteiger partial charge in [0.15, 0.2) is 5.78 Å². The minimum atomic E-state index is 0.0346. The second kappa shape index (κ2) is 5.14. The number of carbonyl (C=O) groups is 1. The molecule has 18 heavy (non-hydrogen) atoms. The lowest BCUT2D eigenvalue weighted by molar-refractivity contribution is -0.111. The van der Waals surface area contributed by atoms with Gasteiger partial charge in [0.05, 0.1) is 5.60 Å². The number of ether oxygens (including phenoxy) is 1. The Bertz CT molecular complexity index is 399. The largest absolute Gasteiger partial charge is 0.375 e. The maximum atomic E-state index is 12.4. The molecule has 1 atom stereocenters. The van der Waals surface area contributed by atoms with E-state index >= 15 is 0 Å². The molecule has 0 aromatic carbocycles. The molecule has 1 unspecified atom stereocenters. The van der Waals surface area contributed by atoms with Crippen molar-refractivity contribution >= 4 is 17.1 Å². The Balaban J connectivity index is 1.72. The summed E-state index contributed by atoms with van der Waals surface area (Å²) in [5.41, 5.74) is 0.935. The van der Waals surface area contributed by atoms with Gasteiger partial charge in [0.2, 0.25) is 0 Å². The first-order valence-electron chi connectivity index (χ1n) is 6.99. The zero-order valence-electron chi connectivity index (χ0n) is 10.7. The van der Waals surface area contributed by atoms with Gasteiger partial charge in [-0.3, -0.25) is 4.79 Å². The highest BCUT2D eigenvalue weighted by Crippen LogP contribution is 2.41. The first kappa shape index (κ1) is 12.4. The van der Waals surface area contributed by atoms with Crippen LogP contribution in [-0.2, 0) is 4.74 Å². The second-order valence-corrected chi connectivity index (χ2v) is 6.44. The SMILES string of the molecule is O=C(c1ccsc1)C1CCOC2(CCCCC2)C1. The molecule has 1 aliphatic heterocycles. The third-order valence-corrected chi connectivity index (χ3v) is 5.12. The summed E-state index contributed by atoms with van der Waals surface area (Å²) in [6.45, 7) is 0.764. The number of ketones is 1. The van der Waals surface area contributed by atoms with E-state index in [-0.39, 0.29) is 11.5 Å².